The molecule has 0 aliphatic heterocycles. The highest BCUT2D eigenvalue weighted by Crippen LogP contribution is 2.32. The van der Waals surface area contributed by atoms with Crippen molar-refractivity contribution < 1.29 is 13.2 Å². The summed E-state index contributed by atoms with van der Waals surface area (Å²) in [6, 6.07) is 13.5. The quantitative estimate of drug-likeness (QED) is 0.646. The van der Waals surface area contributed by atoms with Gasteiger partial charge >= 0.3 is 0 Å². The van der Waals surface area contributed by atoms with Gasteiger partial charge in [-0.25, -0.2) is 4.98 Å². The number of allylic oxidation sites excluding steroid dienone is 2. The topological polar surface area (TPSA) is 105 Å². The molecule has 1 aromatic heterocycles. The van der Waals surface area contributed by atoms with Gasteiger partial charge in [-0.05, 0) is 41.5 Å². The number of ketones is 1. The van der Waals surface area contributed by atoms with Crippen LogP contribution in [0.1, 0.15) is 41.3 Å². The highest BCUT2D eigenvalue weighted by molar-refractivity contribution is 8.04. The van der Waals surface area contributed by atoms with E-state index in [1.54, 1.807) is 48.5 Å². The molecule has 1 aliphatic rings. The third-order valence-corrected chi connectivity index (χ3v) is 6.82. The van der Waals surface area contributed by atoms with Crippen LogP contribution in [0.2, 0.25) is 0 Å². The fraction of sp³-hybridized carbons (Fsp3) is 0.143. The highest BCUT2D eigenvalue weighted by Gasteiger charge is 2.27. The molecule has 0 atom stereocenters. The van der Waals surface area contributed by atoms with Crippen molar-refractivity contribution in [1.82, 2.24) is 15.2 Å². The molecule has 0 unspecified atom stereocenters. The number of hydrogen-bond donors (Lipinski definition) is 1. The Morgan fingerprint density at radius 3 is 2.37 bits per heavy atom. The summed E-state index contributed by atoms with van der Waals surface area (Å²) in [5, 5.41) is 6.89. The number of rotatable bonds is 5. The minimum Gasteiger partial charge on any atom is -0.288 e. The van der Waals surface area contributed by atoms with Crippen LogP contribution in [0.4, 0.5) is 0 Å². The maximum atomic E-state index is 13.0. The molecular weight excluding hydrogens is 420 g/mol. The first-order valence-electron chi connectivity index (χ1n) is 9.19. The van der Waals surface area contributed by atoms with Crippen molar-refractivity contribution in [3.05, 3.63) is 82.5 Å². The van der Waals surface area contributed by atoms with Crippen LogP contribution in [0.15, 0.2) is 80.3 Å². The first-order chi connectivity index (χ1) is 14.3. The predicted molar refractivity (Wildman–Crippen MR) is 115 cm³/mol. The van der Waals surface area contributed by atoms with E-state index in [0.29, 0.717) is 27.1 Å². The summed E-state index contributed by atoms with van der Waals surface area (Å²) >= 11 is 1.08. The fourth-order valence-corrected chi connectivity index (χ4v) is 4.79. The van der Waals surface area contributed by atoms with Crippen LogP contribution in [0, 0.1) is 0 Å². The average molecular weight is 439 g/mol. The Bertz CT molecular complexity index is 1260. The Balaban J connectivity index is 1.78. The van der Waals surface area contributed by atoms with Gasteiger partial charge in [-0.3, -0.25) is 9.89 Å². The van der Waals surface area contributed by atoms with E-state index in [9.17, 15) is 13.2 Å². The molecule has 0 saturated heterocycles. The molecule has 7 nitrogen and oxygen atoms in total. The standard InChI is InChI=1S/C21H18N4O3S2/c1-13(2)14-7-9-15(10-8-14)30(27,28)25-18-11-19(29-21-22-12-23-24-21)20(26)17-6-4-3-5-16(17)18/h3-13H,1-2H3,(H,22,23,24)/b25-18+. The number of fused-ring (bicyclic) bond motifs is 1. The van der Waals surface area contributed by atoms with Crippen molar-refractivity contribution in [2.24, 2.45) is 4.40 Å². The lowest BCUT2D eigenvalue weighted by Gasteiger charge is -2.16. The maximum absolute atomic E-state index is 13.0. The number of hydrogen-bond acceptors (Lipinski definition) is 6. The fourth-order valence-electron chi connectivity index (χ4n) is 3.01. The smallest absolute Gasteiger partial charge is 0.282 e. The number of nitrogens with one attached hydrogen (secondary N) is 1. The Morgan fingerprint density at radius 1 is 1.03 bits per heavy atom. The van der Waals surface area contributed by atoms with Crippen molar-refractivity contribution in [3.63, 3.8) is 0 Å². The zero-order valence-corrected chi connectivity index (χ0v) is 17.9. The molecule has 9 heteroatoms. The summed E-state index contributed by atoms with van der Waals surface area (Å²) in [5.41, 5.74) is 2.12. The van der Waals surface area contributed by atoms with Crippen molar-refractivity contribution in [2.45, 2.75) is 29.8 Å². The lowest BCUT2D eigenvalue weighted by molar-refractivity contribution is 0.104. The number of nitrogens with zero attached hydrogens (tertiary/aromatic N) is 3. The molecule has 0 saturated carbocycles. The van der Waals surface area contributed by atoms with E-state index in [2.05, 4.69) is 19.6 Å². The van der Waals surface area contributed by atoms with E-state index in [1.807, 2.05) is 13.8 Å². The third kappa shape index (κ3) is 3.99. The van der Waals surface area contributed by atoms with Crippen LogP contribution in [0.5, 0.6) is 0 Å². The van der Waals surface area contributed by atoms with Crippen LogP contribution in [0.3, 0.4) is 0 Å². The van der Waals surface area contributed by atoms with E-state index < -0.39 is 10.0 Å². The van der Waals surface area contributed by atoms with Crippen molar-refractivity contribution in [3.8, 4) is 0 Å². The first kappa shape index (κ1) is 20.2. The van der Waals surface area contributed by atoms with E-state index in [0.717, 1.165) is 17.3 Å². The van der Waals surface area contributed by atoms with Gasteiger partial charge in [-0.2, -0.15) is 17.9 Å². The summed E-state index contributed by atoms with van der Waals surface area (Å²) < 4.78 is 30.0. The zero-order valence-electron chi connectivity index (χ0n) is 16.2. The van der Waals surface area contributed by atoms with Gasteiger partial charge in [-0.1, -0.05) is 50.2 Å². The summed E-state index contributed by atoms with van der Waals surface area (Å²) in [6.45, 7) is 4.08. The number of Topliss-reactive ketones (excluding diaryl/α,β-unsaturated/α-hetero) is 1. The van der Waals surface area contributed by atoms with Gasteiger partial charge in [0.25, 0.3) is 10.0 Å². The summed E-state index contributed by atoms with van der Waals surface area (Å²) in [5.74, 6) is 0.0764. The molecule has 4 rings (SSSR count). The number of carbonyl (C=O) groups is 1. The number of sulfonamides is 1. The summed E-state index contributed by atoms with van der Waals surface area (Å²) in [4.78, 5) is 17.3. The molecule has 30 heavy (non-hydrogen) atoms. The first-order valence-corrected chi connectivity index (χ1v) is 11.4. The van der Waals surface area contributed by atoms with Crippen LogP contribution in [0.25, 0.3) is 0 Å². The largest absolute Gasteiger partial charge is 0.288 e. The Labute approximate surface area is 178 Å². The lowest BCUT2D eigenvalue weighted by Crippen LogP contribution is -2.17. The number of aromatic nitrogens is 3. The van der Waals surface area contributed by atoms with Gasteiger partial charge in [0.1, 0.15) is 6.33 Å². The monoisotopic (exact) mass is 438 g/mol. The van der Waals surface area contributed by atoms with Crippen molar-refractivity contribution in [2.75, 3.05) is 0 Å². The average Bonchev–Trinajstić information content (AvgIpc) is 3.24. The second-order valence-electron chi connectivity index (χ2n) is 6.95. The molecule has 0 bridgehead atoms. The van der Waals surface area contributed by atoms with Gasteiger partial charge in [0, 0.05) is 11.1 Å². The van der Waals surface area contributed by atoms with E-state index in [4.69, 9.17) is 0 Å². The van der Waals surface area contributed by atoms with Gasteiger partial charge in [-0.15, -0.1) is 0 Å². The zero-order chi connectivity index (χ0) is 21.3. The molecule has 1 N–H and O–H groups in total. The molecule has 0 fully saturated rings. The second-order valence-corrected chi connectivity index (χ2v) is 9.59. The molecule has 0 amide bonds. The van der Waals surface area contributed by atoms with Crippen molar-refractivity contribution >= 4 is 33.3 Å². The molecule has 1 heterocycles. The van der Waals surface area contributed by atoms with E-state index in [1.165, 1.54) is 12.4 Å². The summed E-state index contributed by atoms with van der Waals surface area (Å²) in [6.07, 6.45) is 2.82. The van der Waals surface area contributed by atoms with E-state index >= 15 is 0 Å². The van der Waals surface area contributed by atoms with Crippen LogP contribution in [-0.4, -0.2) is 35.1 Å². The third-order valence-electron chi connectivity index (χ3n) is 4.60. The number of thioether (sulfide) groups is 1. The molecule has 1 aliphatic carbocycles. The molecule has 0 spiro atoms. The second kappa shape index (κ2) is 8.00. The minimum absolute atomic E-state index is 0.103. The Kier molecular flexibility index (Phi) is 5.40. The Hall–Kier alpha value is -3.04. The van der Waals surface area contributed by atoms with Crippen molar-refractivity contribution in [1.29, 1.82) is 0 Å². The number of aromatic amines is 1. The maximum Gasteiger partial charge on any atom is 0.282 e. The minimum atomic E-state index is -3.96. The van der Waals surface area contributed by atoms with Crippen LogP contribution >= 0.6 is 11.8 Å². The molecule has 152 valence electrons. The van der Waals surface area contributed by atoms with Gasteiger partial charge in [0.2, 0.25) is 5.78 Å². The van der Waals surface area contributed by atoms with Gasteiger partial charge < -0.3 is 0 Å². The number of benzene rings is 2. The van der Waals surface area contributed by atoms with E-state index in [-0.39, 0.29) is 16.4 Å². The number of H-pyrrole nitrogens is 1. The molecule has 2 aromatic carbocycles. The molecule has 0 radical (unpaired) electrons. The highest BCUT2D eigenvalue weighted by atomic mass is 32.2. The molecule has 3 aromatic rings. The van der Waals surface area contributed by atoms with Gasteiger partial charge in [0.15, 0.2) is 5.16 Å². The number of carbonyl (C=O) groups excluding carboxylic acids is 1. The van der Waals surface area contributed by atoms with Gasteiger partial charge in [0.05, 0.1) is 15.5 Å². The lowest BCUT2D eigenvalue weighted by atomic mass is 9.94. The van der Waals surface area contributed by atoms with Crippen LogP contribution < -0.4 is 0 Å². The van der Waals surface area contributed by atoms with Crippen LogP contribution in [-0.2, 0) is 10.0 Å². The molecular formula is C21H18N4O3S2. The normalized spacial score (nSPS) is 15.4. The SMILES string of the molecule is CC(C)c1ccc(S(=O)(=O)/N=C2\C=C(Sc3ncn[nH]3)C(=O)c3ccccc32)cc1. The summed E-state index contributed by atoms with van der Waals surface area (Å²) in [7, 11) is -3.96. The predicted octanol–water partition coefficient (Wildman–Crippen LogP) is 3.98. The Morgan fingerprint density at radius 2 is 1.73 bits per heavy atom.